The fourth-order valence-electron chi connectivity index (χ4n) is 0.726. The molecule has 0 rings (SSSR count). The Morgan fingerprint density at radius 2 is 1.92 bits per heavy atom. The van der Waals surface area contributed by atoms with Gasteiger partial charge < -0.3 is 5.11 Å². The molecule has 0 atom stereocenters. The van der Waals surface area contributed by atoms with Crippen LogP contribution < -0.4 is 0 Å². The molecule has 13 heavy (non-hydrogen) atoms. The molecule has 0 aliphatic heterocycles. The first-order valence-corrected chi connectivity index (χ1v) is 7.17. The molecule has 0 aliphatic rings. The first kappa shape index (κ1) is 13.3. The molecule has 0 fully saturated rings. The molecule has 0 aromatic carbocycles. The summed E-state index contributed by atoms with van der Waals surface area (Å²) in [6.45, 7) is 2.17. The number of carbonyl (C=O) groups is 1. The van der Waals surface area contributed by atoms with E-state index in [-0.39, 0.29) is 12.4 Å². The first-order valence-electron chi connectivity index (χ1n) is 4.68. The third kappa shape index (κ3) is 10.2. The minimum atomic E-state index is -0.00746. The molecule has 2 nitrogen and oxygen atoms in total. The lowest BCUT2D eigenvalue weighted by Crippen LogP contribution is -2.01. The van der Waals surface area contributed by atoms with Crippen LogP contribution in [-0.4, -0.2) is 29.0 Å². The quantitative estimate of drug-likeness (QED) is 0.480. The van der Waals surface area contributed by atoms with E-state index in [0.717, 1.165) is 5.75 Å². The second kappa shape index (κ2) is 10.4. The standard InChI is InChI=1S/C9H18O2S2/c1-2-3-7-12-13-8-5-9(11)4-6-10/h10H,2-8H2,1H3. The lowest BCUT2D eigenvalue weighted by molar-refractivity contribution is -0.119. The van der Waals surface area contributed by atoms with Crippen LogP contribution in [0.2, 0.25) is 0 Å². The zero-order valence-corrected chi connectivity index (χ0v) is 9.75. The van der Waals surface area contributed by atoms with Crippen LogP contribution in [0.15, 0.2) is 0 Å². The molecule has 0 spiro atoms. The van der Waals surface area contributed by atoms with E-state index in [1.807, 2.05) is 10.8 Å². The topological polar surface area (TPSA) is 37.3 Å². The monoisotopic (exact) mass is 222 g/mol. The molecule has 0 aliphatic carbocycles. The van der Waals surface area contributed by atoms with E-state index in [0.29, 0.717) is 12.8 Å². The summed E-state index contributed by atoms with van der Waals surface area (Å²) in [6.07, 6.45) is 3.41. The lowest BCUT2D eigenvalue weighted by atomic mass is 10.2. The predicted molar refractivity (Wildman–Crippen MR) is 61.2 cm³/mol. The minimum Gasteiger partial charge on any atom is -0.396 e. The van der Waals surface area contributed by atoms with Crippen molar-refractivity contribution in [2.45, 2.75) is 32.6 Å². The summed E-state index contributed by atoms with van der Waals surface area (Å²) >= 11 is 0. The molecule has 0 bridgehead atoms. The largest absolute Gasteiger partial charge is 0.396 e. The third-order valence-corrected chi connectivity index (χ3v) is 4.01. The minimum absolute atomic E-state index is 0.00746. The Hall–Kier alpha value is 0.330. The molecule has 0 amide bonds. The first-order chi connectivity index (χ1) is 6.31. The lowest BCUT2D eigenvalue weighted by Gasteiger charge is -1.99. The van der Waals surface area contributed by atoms with E-state index < -0.39 is 0 Å². The van der Waals surface area contributed by atoms with Crippen molar-refractivity contribution in [2.75, 3.05) is 18.1 Å². The molecular formula is C9H18O2S2. The second-order valence-electron chi connectivity index (χ2n) is 2.76. The second-order valence-corrected chi connectivity index (χ2v) is 5.46. The maximum Gasteiger partial charge on any atom is 0.136 e. The Bertz CT molecular complexity index is 129. The van der Waals surface area contributed by atoms with E-state index in [1.54, 1.807) is 10.8 Å². The normalized spacial score (nSPS) is 10.3. The van der Waals surface area contributed by atoms with Crippen LogP contribution in [0.4, 0.5) is 0 Å². The van der Waals surface area contributed by atoms with E-state index in [4.69, 9.17) is 5.11 Å². The highest BCUT2D eigenvalue weighted by atomic mass is 33.1. The van der Waals surface area contributed by atoms with Gasteiger partial charge in [0.2, 0.25) is 0 Å². The van der Waals surface area contributed by atoms with Gasteiger partial charge in [-0.15, -0.1) is 0 Å². The molecule has 0 aromatic rings. The molecule has 0 saturated heterocycles. The van der Waals surface area contributed by atoms with Crippen LogP contribution in [-0.2, 0) is 4.79 Å². The van der Waals surface area contributed by atoms with E-state index in [1.165, 1.54) is 18.6 Å². The highest BCUT2D eigenvalue weighted by Crippen LogP contribution is 2.23. The number of unbranched alkanes of at least 4 members (excludes halogenated alkanes) is 1. The Morgan fingerprint density at radius 1 is 1.23 bits per heavy atom. The van der Waals surface area contributed by atoms with Crippen molar-refractivity contribution in [1.29, 1.82) is 0 Å². The van der Waals surface area contributed by atoms with Gasteiger partial charge in [0.1, 0.15) is 5.78 Å². The van der Waals surface area contributed by atoms with Gasteiger partial charge in [0, 0.05) is 31.0 Å². The summed E-state index contributed by atoms with van der Waals surface area (Å²) in [5.74, 6) is 2.23. The summed E-state index contributed by atoms with van der Waals surface area (Å²) < 4.78 is 0. The Morgan fingerprint density at radius 3 is 2.54 bits per heavy atom. The molecule has 4 heteroatoms. The van der Waals surface area contributed by atoms with Gasteiger partial charge in [-0.25, -0.2) is 0 Å². The van der Waals surface area contributed by atoms with Crippen molar-refractivity contribution in [3.8, 4) is 0 Å². The molecule has 0 unspecified atom stereocenters. The Balaban J connectivity index is 3.02. The van der Waals surface area contributed by atoms with Crippen LogP contribution in [0.25, 0.3) is 0 Å². The molecule has 0 heterocycles. The van der Waals surface area contributed by atoms with Crippen molar-refractivity contribution < 1.29 is 9.90 Å². The van der Waals surface area contributed by atoms with Crippen LogP contribution in [0.1, 0.15) is 32.6 Å². The predicted octanol–water partition coefficient (Wildman–Crippen LogP) is 2.51. The van der Waals surface area contributed by atoms with Gasteiger partial charge in [-0.2, -0.15) is 0 Å². The van der Waals surface area contributed by atoms with Crippen molar-refractivity contribution in [3.05, 3.63) is 0 Å². The highest BCUT2D eigenvalue weighted by molar-refractivity contribution is 8.76. The summed E-state index contributed by atoms with van der Waals surface area (Å²) in [5.41, 5.74) is 0. The molecular weight excluding hydrogens is 204 g/mol. The van der Waals surface area contributed by atoms with Crippen LogP contribution in [0.5, 0.6) is 0 Å². The summed E-state index contributed by atoms with van der Waals surface area (Å²) in [5, 5.41) is 8.48. The maximum atomic E-state index is 10.9. The van der Waals surface area contributed by atoms with E-state index >= 15 is 0 Å². The Labute approximate surface area is 88.3 Å². The van der Waals surface area contributed by atoms with Gasteiger partial charge in [-0.05, 0) is 6.42 Å². The van der Waals surface area contributed by atoms with Gasteiger partial charge in [-0.1, -0.05) is 34.9 Å². The number of Topliss-reactive ketones (excluding diaryl/α,β-unsaturated/α-hetero) is 1. The molecule has 78 valence electrons. The summed E-state index contributed by atoms with van der Waals surface area (Å²) in [7, 11) is 3.60. The fourth-order valence-corrected chi connectivity index (χ4v) is 2.99. The average molecular weight is 222 g/mol. The zero-order valence-electron chi connectivity index (χ0n) is 8.12. The molecule has 1 N–H and O–H groups in total. The van der Waals surface area contributed by atoms with Crippen molar-refractivity contribution >= 4 is 27.4 Å². The van der Waals surface area contributed by atoms with Crippen molar-refractivity contribution in [3.63, 3.8) is 0 Å². The third-order valence-electron chi connectivity index (χ3n) is 1.52. The van der Waals surface area contributed by atoms with Crippen LogP contribution in [0, 0.1) is 0 Å². The molecule has 0 saturated carbocycles. The fraction of sp³-hybridized carbons (Fsp3) is 0.889. The maximum absolute atomic E-state index is 10.9. The van der Waals surface area contributed by atoms with Crippen LogP contribution in [0.3, 0.4) is 0 Å². The number of hydrogen-bond acceptors (Lipinski definition) is 4. The van der Waals surface area contributed by atoms with E-state index in [2.05, 4.69) is 6.92 Å². The van der Waals surface area contributed by atoms with Gasteiger partial charge >= 0.3 is 0 Å². The number of ketones is 1. The van der Waals surface area contributed by atoms with E-state index in [9.17, 15) is 4.79 Å². The number of rotatable bonds is 9. The van der Waals surface area contributed by atoms with Gasteiger partial charge in [0.15, 0.2) is 0 Å². The smallest absolute Gasteiger partial charge is 0.136 e. The number of hydrogen-bond donors (Lipinski definition) is 1. The number of aliphatic hydroxyl groups is 1. The SMILES string of the molecule is CCCCSSCCC(=O)CCO. The van der Waals surface area contributed by atoms with Crippen molar-refractivity contribution in [2.24, 2.45) is 0 Å². The van der Waals surface area contributed by atoms with Crippen LogP contribution >= 0.6 is 21.6 Å². The summed E-state index contributed by atoms with van der Waals surface area (Å²) in [4.78, 5) is 10.9. The summed E-state index contributed by atoms with van der Waals surface area (Å²) in [6, 6.07) is 0. The van der Waals surface area contributed by atoms with Gasteiger partial charge in [-0.3, -0.25) is 4.79 Å². The van der Waals surface area contributed by atoms with Gasteiger partial charge in [0.25, 0.3) is 0 Å². The number of aliphatic hydroxyl groups excluding tert-OH is 1. The number of carbonyl (C=O) groups excluding carboxylic acids is 1. The zero-order chi connectivity index (χ0) is 9.94. The highest BCUT2D eigenvalue weighted by Gasteiger charge is 2.00. The molecule has 0 radical (unpaired) electrons. The van der Waals surface area contributed by atoms with Gasteiger partial charge in [0.05, 0.1) is 0 Å². The average Bonchev–Trinajstić information content (AvgIpc) is 2.11. The molecule has 0 aromatic heterocycles. The van der Waals surface area contributed by atoms with Crippen molar-refractivity contribution in [1.82, 2.24) is 0 Å². The Kier molecular flexibility index (Phi) is 10.7.